The zero-order valence-corrected chi connectivity index (χ0v) is 26.5. The molecule has 4 aromatic rings. The average molecular weight is 643 g/mol. The third-order valence-electron chi connectivity index (χ3n) is 9.00. The summed E-state index contributed by atoms with van der Waals surface area (Å²) >= 11 is 8.02. The van der Waals surface area contributed by atoms with E-state index in [4.69, 9.17) is 11.2 Å². The van der Waals surface area contributed by atoms with Crippen LogP contribution in [0.2, 0.25) is 0 Å². The van der Waals surface area contributed by atoms with E-state index in [0.29, 0.717) is 0 Å². The Morgan fingerprint density at radius 3 is 0.932 bits per heavy atom. The van der Waals surface area contributed by atoms with Gasteiger partial charge in [-0.25, -0.2) is 0 Å². The summed E-state index contributed by atoms with van der Waals surface area (Å²) in [6.07, 6.45) is 0. The minimum atomic E-state index is -4.20. The number of hydrogen-bond acceptors (Lipinski definition) is 4. The van der Waals surface area contributed by atoms with E-state index in [1.807, 2.05) is 0 Å². The van der Waals surface area contributed by atoms with E-state index in [2.05, 4.69) is 48.0 Å². The predicted molar refractivity (Wildman–Crippen MR) is 170 cm³/mol. The van der Waals surface area contributed by atoms with Gasteiger partial charge in [0.2, 0.25) is 0 Å². The molecule has 10 heteroatoms. The first-order valence-corrected chi connectivity index (χ1v) is 17.9. The Labute approximate surface area is 260 Å². The van der Waals surface area contributed by atoms with Crippen molar-refractivity contribution in [2.75, 3.05) is 0 Å². The Morgan fingerprint density at radius 1 is 0.500 bits per heavy atom. The molecular weight excluding hydrogens is 607 g/mol. The average Bonchev–Trinajstić information content (AvgIpc) is 3.44. The van der Waals surface area contributed by atoms with Crippen molar-refractivity contribution in [3.63, 3.8) is 0 Å². The van der Waals surface area contributed by atoms with Crippen LogP contribution in [0.5, 0.6) is 0 Å². The number of nitrogens with one attached hydrogen (secondary N) is 4. The van der Waals surface area contributed by atoms with Crippen molar-refractivity contribution in [2.45, 2.75) is 50.9 Å². The fourth-order valence-electron chi connectivity index (χ4n) is 7.17. The van der Waals surface area contributed by atoms with Gasteiger partial charge in [0.25, 0.3) is 0 Å². The van der Waals surface area contributed by atoms with Crippen molar-refractivity contribution in [3.8, 4) is 0 Å². The van der Waals surface area contributed by atoms with Crippen molar-refractivity contribution in [1.29, 1.82) is 0 Å². The topological polar surface area (TPSA) is 48.1 Å². The van der Waals surface area contributed by atoms with Crippen LogP contribution in [-0.4, -0.2) is 12.1 Å². The van der Waals surface area contributed by atoms with Gasteiger partial charge in [-0.15, -0.1) is 0 Å². The molecule has 0 saturated carbocycles. The van der Waals surface area contributed by atoms with E-state index in [1.165, 1.54) is 48.5 Å². The molecular formula is C34H36ClF4N4P. The van der Waals surface area contributed by atoms with Crippen LogP contribution in [0.15, 0.2) is 97.1 Å². The monoisotopic (exact) mass is 642 g/mol. The van der Waals surface area contributed by atoms with Crippen molar-refractivity contribution < 1.29 is 17.6 Å². The van der Waals surface area contributed by atoms with Crippen LogP contribution < -0.4 is 20.3 Å². The maximum absolute atomic E-state index is 14.3. The van der Waals surface area contributed by atoms with Gasteiger partial charge in [0.05, 0.1) is 0 Å². The molecule has 4 nitrogen and oxygen atoms in total. The summed E-state index contributed by atoms with van der Waals surface area (Å²) in [4.78, 5) is 0. The molecule has 2 heterocycles. The van der Waals surface area contributed by atoms with Gasteiger partial charge in [0.15, 0.2) is 0 Å². The molecule has 0 aromatic heterocycles. The molecule has 1 spiro atoms. The SMILES string of the molecule is CC(C)[C@@H]1NP2(Cl)(N[C@@H](C(C)C)C(c3ccc(F)cc3)(c3ccc(F)cc3)N2)NC1(c1ccc(F)cc1)c1ccc(F)cc1. The summed E-state index contributed by atoms with van der Waals surface area (Å²) in [5, 5.41) is 15.2. The molecule has 44 heavy (non-hydrogen) atoms. The predicted octanol–water partition coefficient (Wildman–Crippen LogP) is 8.23. The zero-order chi connectivity index (χ0) is 31.5. The van der Waals surface area contributed by atoms with E-state index in [-0.39, 0.29) is 47.2 Å². The van der Waals surface area contributed by atoms with Crippen LogP contribution in [-0.2, 0) is 11.1 Å². The normalized spacial score (nSPS) is 24.0. The Hall–Kier alpha value is -2.84. The summed E-state index contributed by atoms with van der Waals surface area (Å²) in [6.45, 7) is 4.06. The van der Waals surface area contributed by atoms with Crippen LogP contribution in [0.3, 0.4) is 0 Å². The van der Waals surface area contributed by atoms with Crippen molar-refractivity contribution in [3.05, 3.63) is 143 Å². The fourth-order valence-corrected chi connectivity index (χ4v) is 13.1. The van der Waals surface area contributed by atoms with Crippen molar-refractivity contribution >= 4 is 17.8 Å². The van der Waals surface area contributed by atoms with Crippen LogP contribution in [0.4, 0.5) is 17.6 Å². The van der Waals surface area contributed by atoms with E-state index in [0.717, 1.165) is 22.3 Å². The second-order valence-corrected chi connectivity index (χ2v) is 17.6. The quantitative estimate of drug-likeness (QED) is 0.126. The van der Waals surface area contributed by atoms with Gasteiger partial charge < -0.3 is 0 Å². The molecule has 0 bridgehead atoms. The molecule has 2 aliphatic heterocycles. The summed E-state index contributed by atoms with van der Waals surface area (Å²) in [5.41, 5.74) is 0.875. The Kier molecular flexibility index (Phi) is 7.72. The second kappa shape index (κ2) is 10.9. The summed E-state index contributed by atoms with van der Waals surface area (Å²) < 4.78 is 57.1. The summed E-state index contributed by atoms with van der Waals surface area (Å²) in [6, 6.07) is 24.2. The van der Waals surface area contributed by atoms with Gasteiger partial charge in [-0.2, -0.15) is 0 Å². The first-order valence-electron chi connectivity index (χ1n) is 14.7. The molecule has 232 valence electrons. The van der Waals surface area contributed by atoms with E-state index < -0.39 is 17.6 Å². The number of benzene rings is 4. The standard InChI is InChI=1S/C34H36ClF4N4P/c1-21(2)31-33(23-5-13-27(36)14-6-23,24-7-15-28(37)16-8-24)42-44(35,40-31)41-32(22(3)4)34(43-44,25-9-17-29(38)18-10-25)26-11-19-30(39)20-12-26/h5-22,31-32,40-43H,1-4H3/t31-,32-/m0/s1. The molecule has 0 amide bonds. The Balaban J connectivity index is 1.62. The molecule has 2 atom stereocenters. The van der Waals surface area contributed by atoms with Crippen LogP contribution in [0, 0.1) is 35.1 Å². The van der Waals surface area contributed by atoms with Crippen LogP contribution in [0.1, 0.15) is 49.9 Å². The van der Waals surface area contributed by atoms with Gasteiger partial charge in [0, 0.05) is 0 Å². The third kappa shape index (κ3) is 4.97. The van der Waals surface area contributed by atoms with Crippen LogP contribution >= 0.6 is 17.8 Å². The van der Waals surface area contributed by atoms with Gasteiger partial charge in [-0.1, -0.05) is 0 Å². The third-order valence-corrected chi connectivity index (χ3v) is 13.2. The van der Waals surface area contributed by atoms with Gasteiger partial charge in [0.1, 0.15) is 0 Å². The Morgan fingerprint density at radius 2 is 0.727 bits per heavy atom. The first kappa shape index (κ1) is 31.2. The molecule has 4 N–H and O–H groups in total. The second-order valence-electron chi connectivity index (χ2n) is 12.6. The molecule has 2 fully saturated rings. The molecule has 2 aliphatic rings. The maximum atomic E-state index is 14.3. The molecule has 2 saturated heterocycles. The molecule has 0 unspecified atom stereocenters. The minimum absolute atomic E-state index is 0.0226. The van der Waals surface area contributed by atoms with Gasteiger partial charge in [-0.3, -0.25) is 0 Å². The van der Waals surface area contributed by atoms with Crippen molar-refractivity contribution in [2.24, 2.45) is 11.8 Å². The number of rotatable bonds is 6. The van der Waals surface area contributed by atoms with E-state index in [9.17, 15) is 17.6 Å². The van der Waals surface area contributed by atoms with Crippen molar-refractivity contribution in [1.82, 2.24) is 20.3 Å². The molecule has 0 radical (unpaired) electrons. The fraction of sp³-hybridized carbons (Fsp3) is 0.294. The summed E-state index contributed by atoms with van der Waals surface area (Å²) in [7, 11) is 0. The van der Waals surface area contributed by atoms with Gasteiger partial charge in [-0.05, 0) is 0 Å². The molecule has 4 aromatic carbocycles. The molecule has 6 rings (SSSR count). The van der Waals surface area contributed by atoms with E-state index >= 15 is 0 Å². The van der Waals surface area contributed by atoms with Gasteiger partial charge >= 0.3 is 261 Å². The zero-order valence-electron chi connectivity index (χ0n) is 24.9. The molecule has 0 aliphatic carbocycles. The van der Waals surface area contributed by atoms with E-state index in [1.54, 1.807) is 48.5 Å². The number of halogens is 5. The Bertz CT molecular complexity index is 1430. The summed E-state index contributed by atoms with van der Waals surface area (Å²) in [5.74, 6) is -1.58. The van der Waals surface area contributed by atoms with Crippen LogP contribution in [0.25, 0.3) is 0 Å². The first-order chi connectivity index (χ1) is 20.8. The number of hydrogen-bond donors (Lipinski definition) is 4.